The van der Waals surface area contributed by atoms with Crippen LogP contribution in [0.4, 0.5) is 0 Å². The topological polar surface area (TPSA) is 74.2 Å². The molecule has 2 aromatic rings. The molecule has 0 heterocycles. The summed E-state index contributed by atoms with van der Waals surface area (Å²) in [6.45, 7) is 1.92. The molecule has 3 rings (SSSR count). The van der Waals surface area contributed by atoms with Crippen molar-refractivity contribution in [3.05, 3.63) is 64.9 Å². The van der Waals surface area contributed by atoms with E-state index in [1.54, 1.807) is 27.4 Å². The van der Waals surface area contributed by atoms with Crippen molar-refractivity contribution in [3.63, 3.8) is 0 Å². The lowest BCUT2D eigenvalue weighted by Crippen LogP contribution is -2.35. The number of methoxy groups -OCH3 is 4. The second-order valence-corrected chi connectivity index (χ2v) is 7.60. The van der Waals surface area contributed by atoms with Crippen LogP contribution in [0.25, 0.3) is 0 Å². The molecule has 0 aromatic heterocycles. The van der Waals surface area contributed by atoms with Crippen molar-refractivity contribution in [3.8, 4) is 17.2 Å². The zero-order valence-electron chi connectivity index (χ0n) is 18.0. The molecule has 0 saturated carbocycles. The summed E-state index contributed by atoms with van der Waals surface area (Å²) in [5.74, 6) is 1.49. The second kappa shape index (κ2) is 8.69. The lowest BCUT2D eigenvalue weighted by molar-refractivity contribution is -0.136. The van der Waals surface area contributed by atoms with E-state index in [0.717, 1.165) is 16.9 Å². The second-order valence-electron chi connectivity index (χ2n) is 7.60. The van der Waals surface area contributed by atoms with Crippen LogP contribution in [-0.4, -0.2) is 39.5 Å². The fourth-order valence-corrected chi connectivity index (χ4v) is 4.24. The van der Waals surface area contributed by atoms with Gasteiger partial charge in [0.1, 0.15) is 23.0 Å². The monoisotopic (exact) mass is 412 g/mol. The molecule has 1 N–H and O–H groups in total. The van der Waals surface area contributed by atoms with Crippen molar-refractivity contribution < 1.29 is 28.8 Å². The molecular weight excluding hydrogens is 384 g/mol. The largest absolute Gasteiger partial charge is 0.511 e. The Hall–Kier alpha value is -3.15. The maximum absolute atomic E-state index is 12.5. The summed E-state index contributed by atoms with van der Waals surface area (Å²) >= 11 is 0. The molecule has 2 aromatic carbocycles. The van der Waals surface area contributed by atoms with Gasteiger partial charge in [-0.3, -0.25) is 0 Å². The van der Waals surface area contributed by atoms with Crippen molar-refractivity contribution >= 4 is 5.97 Å². The van der Waals surface area contributed by atoms with E-state index < -0.39 is 11.4 Å². The minimum atomic E-state index is -0.843. The predicted octanol–water partition coefficient (Wildman–Crippen LogP) is 4.53. The smallest absolute Gasteiger partial charge is 0.337 e. The zero-order valence-corrected chi connectivity index (χ0v) is 18.0. The SMILES string of the molecule is COC(=O)C1=C(O)[C@@](C)(c2ccc(OC)cc2OC)C[C@H](c2ccc(OC)cc2)C1. The third kappa shape index (κ3) is 3.82. The minimum Gasteiger partial charge on any atom is -0.511 e. The van der Waals surface area contributed by atoms with Crippen LogP contribution in [0.1, 0.15) is 36.8 Å². The summed E-state index contributed by atoms with van der Waals surface area (Å²) in [7, 11) is 6.11. The minimum absolute atomic E-state index is 0.00212. The van der Waals surface area contributed by atoms with Gasteiger partial charge < -0.3 is 24.1 Å². The predicted molar refractivity (Wildman–Crippen MR) is 114 cm³/mol. The summed E-state index contributed by atoms with van der Waals surface area (Å²) in [6, 6.07) is 13.3. The standard InChI is InChI=1S/C24H28O6/c1-24(20-11-10-18(28-3)13-21(20)29-4)14-16(12-19(22(24)25)23(26)30-5)15-6-8-17(27-2)9-7-15/h6-11,13,16,25H,12,14H2,1-5H3/t16-,24-/m1/s1. The Morgan fingerprint density at radius 2 is 1.60 bits per heavy atom. The summed E-state index contributed by atoms with van der Waals surface area (Å²) in [5.41, 5.74) is 1.28. The van der Waals surface area contributed by atoms with Crippen LogP contribution in [0.15, 0.2) is 53.8 Å². The molecule has 1 aliphatic rings. The third-order valence-electron chi connectivity index (χ3n) is 5.94. The number of hydrogen-bond acceptors (Lipinski definition) is 6. The van der Waals surface area contributed by atoms with Gasteiger partial charge in [-0.25, -0.2) is 4.79 Å². The molecule has 1 aliphatic carbocycles. The Morgan fingerprint density at radius 1 is 0.967 bits per heavy atom. The fourth-order valence-electron chi connectivity index (χ4n) is 4.24. The third-order valence-corrected chi connectivity index (χ3v) is 5.94. The number of allylic oxidation sites excluding steroid dienone is 1. The van der Waals surface area contributed by atoms with E-state index in [0.29, 0.717) is 24.3 Å². The number of aliphatic hydroxyl groups is 1. The first-order chi connectivity index (χ1) is 14.4. The van der Waals surface area contributed by atoms with Crippen molar-refractivity contribution in [1.29, 1.82) is 0 Å². The van der Waals surface area contributed by atoms with E-state index in [1.807, 2.05) is 43.3 Å². The van der Waals surface area contributed by atoms with E-state index in [-0.39, 0.29) is 17.3 Å². The Balaban J connectivity index is 2.13. The van der Waals surface area contributed by atoms with Crippen molar-refractivity contribution in [2.24, 2.45) is 0 Å². The molecule has 0 spiro atoms. The van der Waals surface area contributed by atoms with Gasteiger partial charge in [-0.1, -0.05) is 18.2 Å². The number of benzene rings is 2. The molecular formula is C24H28O6. The summed E-state index contributed by atoms with van der Waals surface area (Å²) in [6.07, 6.45) is 0.979. The molecule has 0 aliphatic heterocycles. The molecule has 2 atom stereocenters. The highest BCUT2D eigenvalue weighted by atomic mass is 16.5. The molecule has 0 amide bonds. The van der Waals surface area contributed by atoms with Crippen molar-refractivity contribution in [2.45, 2.75) is 31.1 Å². The first kappa shape index (κ1) is 21.6. The fraction of sp³-hybridized carbons (Fsp3) is 0.375. The molecule has 6 heteroatoms. The average molecular weight is 412 g/mol. The normalized spacial score (nSPS) is 21.2. The van der Waals surface area contributed by atoms with Crippen LogP contribution in [0.3, 0.4) is 0 Å². The first-order valence-corrected chi connectivity index (χ1v) is 9.75. The number of rotatable bonds is 6. The van der Waals surface area contributed by atoms with Crippen molar-refractivity contribution in [1.82, 2.24) is 0 Å². The van der Waals surface area contributed by atoms with Crippen LogP contribution in [0.2, 0.25) is 0 Å². The lowest BCUT2D eigenvalue weighted by atomic mass is 9.65. The molecule has 0 saturated heterocycles. The number of esters is 1. The van der Waals surface area contributed by atoms with Gasteiger partial charge in [-0.05, 0) is 49.4 Å². The summed E-state index contributed by atoms with van der Waals surface area (Å²) in [4.78, 5) is 12.5. The van der Waals surface area contributed by atoms with Gasteiger partial charge in [0.2, 0.25) is 0 Å². The van der Waals surface area contributed by atoms with E-state index in [4.69, 9.17) is 18.9 Å². The van der Waals surface area contributed by atoms with Gasteiger partial charge in [0.15, 0.2) is 0 Å². The number of carbonyl (C=O) groups is 1. The number of aliphatic hydroxyl groups excluding tert-OH is 1. The molecule has 6 nitrogen and oxygen atoms in total. The first-order valence-electron chi connectivity index (χ1n) is 9.75. The van der Waals surface area contributed by atoms with Crippen LogP contribution < -0.4 is 14.2 Å². The zero-order chi connectivity index (χ0) is 21.9. The maximum atomic E-state index is 12.5. The lowest BCUT2D eigenvalue weighted by Gasteiger charge is -2.39. The summed E-state index contributed by atoms with van der Waals surface area (Å²) in [5, 5.41) is 11.2. The quantitative estimate of drug-likeness (QED) is 0.703. The Labute approximate surface area is 177 Å². The van der Waals surface area contributed by atoms with Gasteiger partial charge in [0.05, 0.1) is 39.4 Å². The molecule has 30 heavy (non-hydrogen) atoms. The van der Waals surface area contributed by atoms with Crippen LogP contribution in [0.5, 0.6) is 17.2 Å². The van der Waals surface area contributed by atoms with Crippen molar-refractivity contribution in [2.75, 3.05) is 28.4 Å². The van der Waals surface area contributed by atoms with Gasteiger partial charge in [0.25, 0.3) is 0 Å². The molecule has 160 valence electrons. The molecule has 0 fully saturated rings. The van der Waals surface area contributed by atoms with Gasteiger partial charge >= 0.3 is 5.97 Å². The van der Waals surface area contributed by atoms with Gasteiger partial charge in [-0.2, -0.15) is 0 Å². The van der Waals surface area contributed by atoms with Crippen LogP contribution in [0, 0.1) is 0 Å². The number of hydrogen-bond donors (Lipinski definition) is 1. The summed E-state index contributed by atoms with van der Waals surface area (Å²) < 4.78 is 21.1. The van der Waals surface area contributed by atoms with E-state index in [9.17, 15) is 9.90 Å². The number of ether oxygens (including phenoxy) is 4. The highest BCUT2D eigenvalue weighted by Crippen LogP contribution is 2.50. The van der Waals surface area contributed by atoms with E-state index in [1.165, 1.54) is 7.11 Å². The highest BCUT2D eigenvalue weighted by Gasteiger charge is 2.44. The Kier molecular flexibility index (Phi) is 6.25. The van der Waals surface area contributed by atoms with E-state index in [2.05, 4.69) is 0 Å². The molecule has 0 unspecified atom stereocenters. The maximum Gasteiger partial charge on any atom is 0.337 e. The van der Waals surface area contributed by atoms with Gasteiger partial charge in [-0.15, -0.1) is 0 Å². The number of carbonyl (C=O) groups excluding carboxylic acids is 1. The Morgan fingerprint density at radius 3 is 2.17 bits per heavy atom. The molecule has 0 radical (unpaired) electrons. The van der Waals surface area contributed by atoms with E-state index >= 15 is 0 Å². The van der Waals surface area contributed by atoms with Gasteiger partial charge in [0, 0.05) is 11.6 Å². The Bertz CT molecular complexity index is 947. The van der Waals surface area contributed by atoms with Crippen LogP contribution >= 0.6 is 0 Å². The average Bonchev–Trinajstić information content (AvgIpc) is 2.79. The molecule has 0 bridgehead atoms. The van der Waals surface area contributed by atoms with Crippen LogP contribution in [-0.2, 0) is 14.9 Å². The highest BCUT2D eigenvalue weighted by molar-refractivity contribution is 5.90.